The second-order valence-corrected chi connectivity index (χ2v) is 4.48. The van der Waals surface area contributed by atoms with Crippen molar-refractivity contribution in [1.82, 2.24) is 0 Å². The Hall–Kier alpha value is -2.28. The van der Waals surface area contributed by atoms with Crippen LogP contribution in [0.4, 0.5) is 5.69 Å². The first-order valence-corrected chi connectivity index (χ1v) is 6.22. The molecule has 0 aromatic heterocycles. The van der Waals surface area contributed by atoms with Gasteiger partial charge in [-0.15, -0.1) is 0 Å². The van der Waals surface area contributed by atoms with Gasteiger partial charge in [0.05, 0.1) is 10.7 Å². The van der Waals surface area contributed by atoms with Crippen LogP contribution in [0.3, 0.4) is 0 Å². The quantitative estimate of drug-likeness (QED) is 0.610. The van der Waals surface area contributed by atoms with Crippen LogP contribution < -0.4 is 21.1 Å². The number of anilines is 1. The van der Waals surface area contributed by atoms with E-state index >= 15 is 0 Å². The van der Waals surface area contributed by atoms with Crippen molar-refractivity contribution in [2.75, 3.05) is 18.1 Å². The minimum atomic E-state index is -0.635. The van der Waals surface area contributed by atoms with E-state index in [0.717, 1.165) is 0 Å². The van der Waals surface area contributed by atoms with Crippen molar-refractivity contribution in [3.05, 3.63) is 22.7 Å². The van der Waals surface area contributed by atoms with Crippen molar-refractivity contribution in [2.24, 2.45) is 16.5 Å². The Kier molecular flexibility index (Phi) is 3.80. The van der Waals surface area contributed by atoms with E-state index in [1.165, 1.54) is 17.0 Å². The molecule has 1 aliphatic heterocycles. The molecular formula is C12H13ClN4O3. The van der Waals surface area contributed by atoms with Crippen LogP contribution in [0.2, 0.25) is 5.02 Å². The van der Waals surface area contributed by atoms with Crippen molar-refractivity contribution >= 4 is 35.1 Å². The lowest BCUT2D eigenvalue weighted by atomic mass is 10.1. The predicted octanol–water partition coefficient (Wildman–Crippen LogP) is 0.499. The summed E-state index contributed by atoms with van der Waals surface area (Å²) in [6.07, 6.45) is 0. The smallest absolute Gasteiger partial charge is 0.280 e. The molecule has 0 unspecified atom stereocenters. The number of aliphatic imine (C=N–C) groups is 1. The molecule has 0 atom stereocenters. The molecule has 0 bridgehead atoms. The molecule has 20 heavy (non-hydrogen) atoms. The number of likely N-dealkylation sites (N-methyl/N-ethyl adjacent to an activating group) is 1. The normalized spacial score (nSPS) is 13.5. The van der Waals surface area contributed by atoms with E-state index in [2.05, 4.69) is 4.99 Å². The van der Waals surface area contributed by atoms with Gasteiger partial charge in [0.15, 0.2) is 18.3 Å². The summed E-state index contributed by atoms with van der Waals surface area (Å²) < 4.78 is 5.29. The Balaban J connectivity index is 2.53. The number of nitrogens with zero attached hydrogens (tertiary/aromatic N) is 2. The number of nitrogens with two attached hydrogens (primary N) is 2. The summed E-state index contributed by atoms with van der Waals surface area (Å²) in [5.41, 5.74) is 10.9. The third-order valence-corrected chi connectivity index (χ3v) is 3.03. The number of carbonyl (C=O) groups excluding carboxylic acids is 2. The molecule has 7 nitrogen and oxygen atoms in total. The van der Waals surface area contributed by atoms with Gasteiger partial charge in [0.1, 0.15) is 0 Å². The summed E-state index contributed by atoms with van der Waals surface area (Å²) in [5.74, 6) is -0.816. The number of fused-ring (bicyclic) bond motifs is 1. The number of carbonyl (C=O) groups is 2. The third kappa shape index (κ3) is 2.53. The first-order valence-electron chi connectivity index (χ1n) is 5.84. The fourth-order valence-electron chi connectivity index (χ4n) is 1.92. The second-order valence-electron chi connectivity index (χ2n) is 4.07. The van der Waals surface area contributed by atoms with E-state index in [1.54, 1.807) is 0 Å². The van der Waals surface area contributed by atoms with Crippen LogP contribution in [-0.2, 0) is 4.79 Å². The molecule has 8 heteroatoms. The van der Waals surface area contributed by atoms with Gasteiger partial charge in [-0.3, -0.25) is 9.59 Å². The first-order chi connectivity index (χ1) is 9.43. The van der Waals surface area contributed by atoms with Crippen molar-refractivity contribution in [3.8, 4) is 5.75 Å². The average molecular weight is 297 g/mol. The van der Waals surface area contributed by atoms with Gasteiger partial charge in [-0.1, -0.05) is 11.6 Å². The lowest BCUT2D eigenvalue weighted by Crippen LogP contribution is -2.38. The lowest BCUT2D eigenvalue weighted by molar-refractivity contribution is -0.121. The SMILES string of the molecule is CCN1C(=O)COc2c(Cl)cc(C(=O)N=C(N)N)cc21. The predicted molar refractivity (Wildman–Crippen MR) is 75.1 cm³/mol. The van der Waals surface area contributed by atoms with Crippen molar-refractivity contribution in [2.45, 2.75) is 6.92 Å². The zero-order valence-electron chi connectivity index (χ0n) is 10.7. The van der Waals surface area contributed by atoms with Crippen LogP contribution in [0, 0.1) is 0 Å². The number of halogens is 1. The molecule has 106 valence electrons. The minimum Gasteiger partial charge on any atom is -0.480 e. The van der Waals surface area contributed by atoms with E-state index in [4.69, 9.17) is 27.8 Å². The Labute approximate surface area is 120 Å². The molecule has 1 heterocycles. The summed E-state index contributed by atoms with van der Waals surface area (Å²) in [6.45, 7) is 2.17. The lowest BCUT2D eigenvalue weighted by Gasteiger charge is -2.29. The molecule has 2 amide bonds. The Bertz CT molecular complexity index is 611. The molecule has 1 aromatic rings. The summed E-state index contributed by atoms with van der Waals surface area (Å²) >= 11 is 6.07. The number of rotatable bonds is 2. The van der Waals surface area contributed by atoms with Crippen LogP contribution >= 0.6 is 11.6 Å². The highest BCUT2D eigenvalue weighted by Crippen LogP contribution is 2.39. The van der Waals surface area contributed by atoms with Gasteiger partial charge in [-0.2, -0.15) is 4.99 Å². The minimum absolute atomic E-state index is 0.0816. The van der Waals surface area contributed by atoms with Gasteiger partial charge < -0.3 is 21.1 Å². The Morgan fingerprint density at radius 1 is 1.50 bits per heavy atom. The van der Waals surface area contributed by atoms with E-state index in [9.17, 15) is 9.59 Å². The van der Waals surface area contributed by atoms with Crippen LogP contribution in [0.25, 0.3) is 0 Å². The largest absolute Gasteiger partial charge is 0.480 e. The van der Waals surface area contributed by atoms with E-state index in [0.29, 0.717) is 18.0 Å². The molecule has 1 aliphatic rings. The van der Waals surface area contributed by atoms with Gasteiger partial charge >= 0.3 is 0 Å². The summed E-state index contributed by atoms with van der Waals surface area (Å²) in [6, 6.07) is 2.88. The van der Waals surface area contributed by atoms with Gasteiger partial charge in [0.25, 0.3) is 11.8 Å². The summed E-state index contributed by atoms with van der Waals surface area (Å²) in [4.78, 5) is 28.5. The van der Waals surface area contributed by atoms with E-state index in [-0.39, 0.29) is 29.1 Å². The van der Waals surface area contributed by atoms with Gasteiger partial charge in [-0.05, 0) is 19.1 Å². The molecule has 4 N–H and O–H groups in total. The van der Waals surface area contributed by atoms with Crippen LogP contribution in [0.15, 0.2) is 17.1 Å². The molecule has 0 saturated carbocycles. The number of guanidine groups is 1. The van der Waals surface area contributed by atoms with Crippen LogP contribution in [0.5, 0.6) is 5.75 Å². The molecule has 0 saturated heterocycles. The molecular weight excluding hydrogens is 284 g/mol. The molecule has 1 aromatic carbocycles. The van der Waals surface area contributed by atoms with Gasteiger partial charge in [0, 0.05) is 12.1 Å². The number of hydrogen-bond donors (Lipinski definition) is 2. The monoisotopic (exact) mass is 296 g/mol. The number of amides is 2. The summed E-state index contributed by atoms with van der Waals surface area (Å²) in [7, 11) is 0. The molecule has 0 aliphatic carbocycles. The molecule has 0 radical (unpaired) electrons. The zero-order chi connectivity index (χ0) is 14.9. The van der Waals surface area contributed by atoms with E-state index in [1.807, 2.05) is 6.92 Å². The number of hydrogen-bond acceptors (Lipinski definition) is 3. The Morgan fingerprint density at radius 3 is 2.80 bits per heavy atom. The first kappa shape index (κ1) is 14.1. The standard InChI is InChI=1S/C12H13ClN4O3/c1-2-17-8-4-6(11(19)16-12(14)15)3-7(13)10(8)20-5-9(17)18/h3-4H,2,5H2,1H3,(H4,14,15,16,19). The topological polar surface area (TPSA) is 111 Å². The third-order valence-electron chi connectivity index (χ3n) is 2.75. The Morgan fingerprint density at radius 2 is 2.20 bits per heavy atom. The number of benzene rings is 1. The fourth-order valence-corrected chi connectivity index (χ4v) is 2.19. The highest BCUT2D eigenvalue weighted by Gasteiger charge is 2.27. The second kappa shape index (κ2) is 5.38. The molecule has 0 spiro atoms. The maximum atomic E-state index is 11.8. The summed E-state index contributed by atoms with van der Waals surface area (Å²) in [5, 5.41) is 0.225. The highest BCUT2D eigenvalue weighted by molar-refractivity contribution is 6.33. The highest BCUT2D eigenvalue weighted by atomic mass is 35.5. The van der Waals surface area contributed by atoms with E-state index < -0.39 is 5.91 Å². The zero-order valence-corrected chi connectivity index (χ0v) is 11.5. The molecule has 0 fully saturated rings. The average Bonchev–Trinajstić information content (AvgIpc) is 2.37. The van der Waals surface area contributed by atoms with Gasteiger partial charge in [0.2, 0.25) is 0 Å². The maximum Gasteiger partial charge on any atom is 0.280 e. The van der Waals surface area contributed by atoms with Crippen molar-refractivity contribution < 1.29 is 14.3 Å². The maximum absolute atomic E-state index is 11.8. The number of ether oxygens (including phenoxy) is 1. The molecule has 2 rings (SSSR count). The van der Waals surface area contributed by atoms with Crippen LogP contribution in [0.1, 0.15) is 17.3 Å². The van der Waals surface area contributed by atoms with Crippen molar-refractivity contribution in [3.63, 3.8) is 0 Å². The fraction of sp³-hybridized carbons (Fsp3) is 0.250. The van der Waals surface area contributed by atoms with Crippen molar-refractivity contribution in [1.29, 1.82) is 0 Å². The van der Waals surface area contributed by atoms with Crippen LogP contribution in [-0.4, -0.2) is 30.9 Å². The van der Waals surface area contributed by atoms with Gasteiger partial charge in [-0.25, -0.2) is 0 Å².